The number of nitrogens with zero attached hydrogens (tertiary/aromatic N) is 4. The number of benzene rings is 2. The van der Waals surface area contributed by atoms with Crippen molar-refractivity contribution >= 4 is 16.8 Å². The molecule has 1 heterocycles. The first kappa shape index (κ1) is 19.7. The van der Waals surface area contributed by atoms with Crippen molar-refractivity contribution in [2.75, 3.05) is 7.05 Å². The molecule has 0 aliphatic rings. The minimum absolute atomic E-state index is 0.0400. The van der Waals surface area contributed by atoms with Crippen LogP contribution in [0.3, 0.4) is 0 Å². The molecule has 0 spiro atoms. The predicted octanol–water partition coefficient (Wildman–Crippen LogP) is 3.14. The molecule has 0 unspecified atom stereocenters. The van der Waals surface area contributed by atoms with Gasteiger partial charge in [-0.2, -0.15) is 0 Å². The van der Waals surface area contributed by atoms with Gasteiger partial charge in [0.15, 0.2) is 0 Å². The fraction of sp³-hybridized carbons (Fsp3) is 0.364. The molecule has 0 fully saturated rings. The third-order valence-corrected chi connectivity index (χ3v) is 4.83. The van der Waals surface area contributed by atoms with Gasteiger partial charge in [0, 0.05) is 20.0 Å². The number of rotatable bonds is 5. The highest BCUT2D eigenvalue weighted by atomic mass is 16.2. The summed E-state index contributed by atoms with van der Waals surface area (Å²) in [4.78, 5) is 26.6. The van der Waals surface area contributed by atoms with E-state index in [1.54, 1.807) is 30.1 Å². The number of carbonyl (C=O) groups excluding carboxylic acids is 1. The quantitative estimate of drug-likeness (QED) is 0.684. The molecule has 0 aliphatic heterocycles. The summed E-state index contributed by atoms with van der Waals surface area (Å²) in [5.74, 6) is -0.0400. The summed E-state index contributed by atoms with van der Waals surface area (Å²) >= 11 is 0. The Kier molecular flexibility index (Phi) is 5.58. The van der Waals surface area contributed by atoms with Gasteiger partial charge in [-0.05, 0) is 28.7 Å². The van der Waals surface area contributed by atoms with Crippen LogP contribution in [0.15, 0.2) is 53.3 Å². The molecule has 6 nitrogen and oxygen atoms in total. The average Bonchev–Trinajstić information content (AvgIpc) is 2.67. The van der Waals surface area contributed by atoms with Crippen LogP contribution in [-0.2, 0) is 23.3 Å². The maximum absolute atomic E-state index is 12.5. The number of fused-ring (bicyclic) bond motifs is 1. The second kappa shape index (κ2) is 7.92. The van der Waals surface area contributed by atoms with Crippen LogP contribution in [0, 0.1) is 0 Å². The number of carbonyl (C=O) groups is 1. The molecule has 0 aliphatic carbocycles. The van der Waals surface area contributed by atoms with Crippen LogP contribution in [0.4, 0.5) is 0 Å². The Balaban J connectivity index is 1.62. The third kappa shape index (κ3) is 4.44. The van der Waals surface area contributed by atoms with E-state index in [4.69, 9.17) is 0 Å². The lowest BCUT2D eigenvalue weighted by atomic mass is 9.87. The lowest BCUT2D eigenvalue weighted by molar-refractivity contribution is -0.130. The third-order valence-electron chi connectivity index (χ3n) is 4.83. The second-order valence-corrected chi connectivity index (χ2v) is 8.08. The SMILES string of the molecule is CN(Cc1ccc(C(C)(C)C)cc1)C(=O)CCn1nnc2ccccc2c1=O. The van der Waals surface area contributed by atoms with Gasteiger partial charge in [-0.3, -0.25) is 9.59 Å². The Morgan fingerprint density at radius 2 is 1.75 bits per heavy atom. The van der Waals surface area contributed by atoms with Gasteiger partial charge in [-0.15, -0.1) is 5.10 Å². The van der Waals surface area contributed by atoms with E-state index in [0.717, 1.165) is 5.56 Å². The summed E-state index contributed by atoms with van der Waals surface area (Å²) < 4.78 is 1.26. The first-order valence-electron chi connectivity index (χ1n) is 9.41. The number of aromatic nitrogens is 3. The minimum Gasteiger partial charge on any atom is -0.341 e. The molecule has 1 amide bonds. The molecule has 0 N–H and O–H groups in total. The summed E-state index contributed by atoms with van der Waals surface area (Å²) in [6.45, 7) is 7.27. The molecule has 3 aromatic rings. The van der Waals surface area contributed by atoms with E-state index >= 15 is 0 Å². The van der Waals surface area contributed by atoms with Crippen LogP contribution in [0.25, 0.3) is 10.9 Å². The maximum Gasteiger partial charge on any atom is 0.277 e. The van der Waals surface area contributed by atoms with E-state index in [1.165, 1.54) is 10.2 Å². The normalized spacial score (nSPS) is 11.6. The number of aryl methyl sites for hydroxylation is 1. The molecule has 0 atom stereocenters. The zero-order valence-corrected chi connectivity index (χ0v) is 16.8. The van der Waals surface area contributed by atoms with Crippen LogP contribution in [0.1, 0.15) is 38.3 Å². The monoisotopic (exact) mass is 378 g/mol. The average molecular weight is 378 g/mol. The summed E-state index contributed by atoms with van der Waals surface area (Å²) in [6, 6.07) is 15.4. The van der Waals surface area contributed by atoms with Gasteiger partial charge in [0.1, 0.15) is 5.52 Å². The highest BCUT2D eigenvalue weighted by Crippen LogP contribution is 2.22. The lowest BCUT2D eigenvalue weighted by Crippen LogP contribution is -2.30. The van der Waals surface area contributed by atoms with Crippen molar-refractivity contribution in [1.29, 1.82) is 0 Å². The molecule has 2 aromatic carbocycles. The van der Waals surface area contributed by atoms with Crippen molar-refractivity contribution in [2.45, 2.75) is 45.7 Å². The van der Waals surface area contributed by atoms with Crippen LogP contribution < -0.4 is 5.56 Å². The van der Waals surface area contributed by atoms with Crippen molar-refractivity contribution < 1.29 is 4.79 Å². The zero-order valence-electron chi connectivity index (χ0n) is 16.8. The fourth-order valence-electron chi connectivity index (χ4n) is 3.03. The summed E-state index contributed by atoms with van der Waals surface area (Å²) in [5.41, 5.74) is 2.78. The van der Waals surface area contributed by atoms with Crippen molar-refractivity contribution in [2.24, 2.45) is 0 Å². The van der Waals surface area contributed by atoms with Gasteiger partial charge in [0.2, 0.25) is 5.91 Å². The van der Waals surface area contributed by atoms with Crippen molar-refractivity contribution in [1.82, 2.24) is 19.9 Å². The molecule has 28 heavy (non-hydrogen) atoms. The van der Waals surface area contributed by atoms with Gasteiger partial charge in [0.25, 0.3) is 5.56 Å². The zero-order chi connectivity index (χ0) is 20.3. The van der Waals surface area contributed by atoms with Crippen LogP contribution in [-0.4, -0.2) is 32.8 Å². The molecule has 3 rings (SSSR count). The summed E-state index contributed by atoms with van der Waals surface area (Å²) in [7, 11) is 1.77. The molecular weight excluding hydrogens is 352 g/mol. The van der Waals surface area contributed by atoms with E-state index in [0.29, 0.717) is 17.4 Å². The van der Waals surface area contributed by atoms with Crippen molar-refractivity contribution in [3.05, 3.63) is 70.0 Å². The van der Waals surface area contributed by atoms with E-state index in [1.807, 2.05) is 6.07 Å². The van der Waals surface area contributed by atoms with Gasteiger partial charge in [0.05, 0.1) is 11.9 Å². The van der Waals surface area contributed by atoms with E-state index in [2.05, 4.69) is 55.3 Å². The molecule has 0 bridgehead atoms. The molecule has 0 saturated carbocycles. The second-order valence-electron chi connectivity index (χ2n) is 8.08. The summed E-state index contributed by atoms with van der Waals surface area (Å²) in [6.07, 6.45) is 0.198. The first-order valence-corrected chi connectivity index (χ1v) is 9.41. The lowest BCUT2D eigenvalue weighted by Gasteiger charge is -2.21. The topological polar surface area (TPSA) is 68.1 Å². The van der Waals surface area contributed by atoms with Crippen molar-refractivity contribution in [3.63, 3.8) is 0 Å². The Morgan fingerprint density at radius 3 is 2.43 bits per heavy atom. The Bertz CT molecular complexity index is 1030. The molecular formula is C22H26N4O2. The Hall–Kier alpha value is -3.02. The smallest absolute Gasteiger partial charge is 0.277 e. The van der Waals surface area contributed by atoms with Crippen LogP contribution in [0.2, 0.25) is 0 Å². The molecule has 0 radical (unpaired) electrons. The van der Waals surface area contributed by atoms with Crippen LogP contribution >= 0.6 is 0 Å². The van der Waals surface area contributed by atoms with Gasteiger partial charge in [-0.1, -0.05) is 62.4 Å². The molecule has 0 saturated heterocycles. The Morgan fingerprint density at radius 1 is 1.07 bits per heavy atom. The minimum atomic E-state index is -0.223. The standard InChI is InChI=1S/C22H26N4O2/c1-22(2,3)17-11-9-16(10-12-17)15-25(4)20(27)13-14-26-21(28)18-7-5-6-8-19(18)23-24-26/h5-12H,13-15H2,1-4H3. The first-order chi connectivity index (χ1) is 13.3. The largest absolute Gasteiger partial charge is 0.341 e. The van der Waals surface area contributed by atoms with E-state index < -0.39 is 0 Å². The highest BCUT2D eigenvalue weighted by molar-refractivity contribution is 5.77. The van der Waals surface area contributed by atoms with E-state index in [9.17, 15) is 9.59 Å². The summed E-state index contributed by atoms with van der Waals surface area (Å²) in [5, 5.41) is 8.50. The van der Waals surface area contributed by atoms with Crippen molar-refractivity contribution in [3.8, 4) is 0 Å². The molecule has 146 valence electrons. The molecule has 6 heteroatoms. The number of amides is 1. The maximum atomic E-state index is 12.5. The molecule has 1 aromatic heterocycles. The highest BCUT2D eigenvalue weighted by Gasteiger charge is 2.15. The number of hydrogen-bond acceptors (Lipinski definition) is 4. The predicted molar refractivity (Wildman–Crippen MR) is 110 cm³/mol. The van der Waals surface area contributed by atoms with E-state index in [-0.39, 0.29) is 29.8 Å². The fourth-order valence-corrected chi connectivity index (χ4v) is 3.03. The Labute approximate surface area is 164 Å². The van der Waals surface area contributed by atoms with Gasteiger partial charge >= 0.3 is 0 Å². The number of hydrogen-bond donors (Lipinski definition) is 0. The van der Waals surface area contributed by atoms with Crippen LogP contribution in [0.5, 0.6) is 0 Å². The van der Waals surface area contributed by atoms with Gasteiger partial charge < -0.3 is 4.90 Å². The van der Waals surface area contributed by atoms with Gasteiger partial charge in [-0.25, -0.2) is 4.68 Å².